The van der Waals surface area contributed by atoms with E-state index in [-0.39, 0.29) is 5.91 Å². The Kier molecular flexibility index (Phi) is 3.72. The summed E-state index contributed by atoms with van der Waals surface area (Å²) in [5.41, 5.74) is 3.92. The standard InChI is InChI=1S/C13H15N3OS/c1-4-11-12(18-16-15-11)13(17)14-10-6-5-8(2)9(3)7-10/h5-7H,4H2,1-3H3,(H,14,17). The maximum atomic E-state index is 12.1. The monoisotopic (exact) mass is 261 g/mol. The molecule has 2 aromatic rings. The Hall–Kier alpha value is -1.75. The minimum atomic E-state index is -0.134. The summed E-state index contributed by atoms with van der Waals surface area (Å²) < 4.78 is 3.82. The van der Waals surface area contributed by atoms with E-state index in [1.54, 1.807) is 0 Å². The predicted octanol–water partition coefficient (Wildman–Crippen LogP) is 2.97. The Labute approximate surface area is 110 Å². The van der Waals surface area contributed by atoms with E-state index >= 15 is 0 Å². The highest BCUT2D eigenvalue weighted by atomic mass is 32.1. The molecular weight excluding hydrogens is 246 g/mol. The number of aromatic nitrogens is 2. The SMILES string of the molecule is CCc1nnsc1C(=O)Nc1ccc(C)c(C)c1. The van der Waals surface area contributed by atoms with Gasteiger partial charge in [0.15, 0.2) is 0 Å². The lowest BCUT2D eigenvalue weighted by Gasteiger charge is -2.06. The van der Waals surface area contributed by atoms with Crippen LogP contribution in [0.4, 0.5) is 5.69 Å². The molecule has 1 amide bonds. The number of rotatable bonds is 3. The summed E-state index contributed by atoms with van der Waals surface area (Å²) in [4.78, 5) is 12.7. The van der Waals surface area contributed by atoms with Gasteiger partial charge in [0.25, 0.3) is 5.91 Å². The molecule has 1 aromatic carbocycles. The van der Waals surface area contributed by atoms with Crippen LogP contribution in [0.3, 0.4) is 0 Å². The summed E-state index contributed by atoms with van der Waals surface area (Å²) in [6.45, 7) is 6.03. The topological polar surface area (TPSA) is 54.9 Å². The Morgan fingerprint density at radius 2 is 2.11 bits per heavy atom. The highest BCUT2D eigenvalue weighted by Crippen LogP contribution is 2.17. The Balaban J connectivity index is 2.19. The van der Waals surface area contributed by atoms with Crippen molar-refractivity contribution < 1.29 is 4.79 Å². The van der Waals surface area contributed by atoms with Gasteiger partial charge in [-0.25, -0.2) is 0 Å². The molecule has 1 N–H and O–H groups in total. The van der Waals surface area contributed by atoms with Crippen molar-refractivity contribution in [2.75, 3.05) is 5.32 Å². The molecule has 5 heteroatoms. The van der Waals surface area contributed by atoms with Gasteiger partial charge < -0.3 is 5.32 Å². The first-order valence-corrected chi connectivity index (χ1v) is 6.59. The fourth-order valence-corrected chi connectivity index (χ4v) is 2.26. The molecule has 0 unspecified atom stereocenters. The van der Waals surface area contributed by atoms with Gasteiger partial charge in [-0.3, -0.25) is 4.79 Å². The predicted molar refractivity (Wildman–Crippen MR) is 73.2 cm³/mol. The van der Waals surface area contributed by atoms with Gasteiger partial charge >= 0.3 is 0 Å². The number of hydrogen-bond donors (Lipinski definition) is 1. The van der Waals surface area contributed by atoms with E-state index < -0.39 is 0 Å². The smallest absolute Gasteiger partial charge is 0.269 e. The zero-order valence-electron chi connectivity index (χ0n) is 10.7. The van der Waals surface area contributed by atoms with E-state index in [0.29, 0.717) is 11.3 Å². The third-order valence-corrected chi connectivity index (χ3v) is 3.63. The largest absolute Gasteiger partial charge is 0.321 e. The van der Waals surface area contributed by atoms with Gasteiger partial charge in [0.05, 0.1) is 5.69 Å². The van der Waals surface area contributed by atoms with Gasteiger partial charge in [-0.2, -0.15) is 0 Å². The number of hydrogen-bond acceptors (Lipinski definition) is 4. The second-order valence-corrected chi connectivity index (χ2v) is 4.91. The molecule has 0 aliphatic heterocycles. The average Bonchev–Trinajstić information content (AvgIpc) is 2.82. The van der Waals surface area contributed by atoms with E-state index in [1.165, 1.54) is 5.56 Å². The number of nitrogens with zero attached hydrogens (tertiary/aromatic N) is 2. The number of benzene rings is 1. The van der Waals surface area contributed by atoms with E-state index in [9.17, 15) is 4.79 Å². The molecule has 1 aromatic heterocycles. The van der Waals surface area contributed by atoms with Crippen LogP contribution in [0, 0.1) is 13.8 Å². The van der Waals surface area contributed by atoms with Crippen molar-refractivity contribution >= 4 is 23.1 Å². The van der Waals surface area contributed by atoms with Crippen molar-refractivity contribution in [3.63, 3.8) is 0 Å². The third kappa shape index (κ3) is 2.56. The zero-order valence-corrected chi connectivity index (χ0v) is 11.5. The summed E-state index contributed by atoms with van der Waals surface area (Å²) in [5.74, 6) is -0.134. The van der Waals surface area contributed by atoms with Gasteiger partial charge in [0.1, 0.15) is 4.88 Å². The Morgan fingerprint density at radius 3 is 2.78 bits per heavy atom. The highest BCUT2D eigenvalue weighted by Gasteiger charge is 2.15. The lowest BCUT2D eigenvalue weighted by atomic mass is 10.1. The first kappa shape index (κ1) is 12.7. The zero-order chi connectivity index (χ0) is 13.1. The van der Waals surface area contributed by atoms with Crippen LogP contribution in [0.5, 0.6) is 0 Å². The minimum absolute atomic E-state index is 0.134. The van der Waals surface area contributed by atoms with Crippen molar-refractivity contribution in [1.29, 1.82) is 0 Å². The van der Waals surface area contributed by atoms with Crippen molar-refractivity contribution in [2.45, 2.75) is 27.2 Å². The summed E-state index contributed by atoms with van der Waals surface area (Å²) in [5, 5.41) is 6.82. The third-order valence-electron chi connectivity index (χ3n) is 2.86. The summed E-state index contributed by atoms with van der Waals surface area (Å²) in [6, 6.07) is 5.87. The van der Waals surface area contributed by atoms with Crippen LogP contribution < -0.4 is 5.32 Å². The molecule has 0 bridgehead atoms. The van der Waals surface area contributed by atoms with E-state index in [2.05, 4.69) is 14.9 Å². The Morgan fingerprint density at radius 1 is 1.33 bits per heavy atom. The highest BCUT2D eigenvalue weighted by molar-refractivity contribution is 7.08. The average molecular weight is 261 g/mol. The number of amides is 1. The van der Waals surface area contributed by atoms with Crippen LogP contribution in [-0.4, -0.2) is 15.5 Å². The molecule has 0 aliphatic carbocycles. The fraction of sp³-hybridized carbons (Fsp3) is 0.308. The van der Waals surface area contributed by atoms with Crippen LogP contribution in [0.2, 0.25) is 0 Å². The van der Waals surface area contributed by atoms with Crippen LogP contribution in [-0.2, 0) is 6.42 Å². The summed E-state index contributed by atoms with van der Waals surface area (Å²) >= 11 is 1.14. The van der Waals surface area contributed by atoms with E-state index in [0.717, 1.165) is 28.5 Å². The second kappa shape index (κ2) is 5.27. The molecule has 2 rings (SSSR count). The van der Waals surface area contributed by atoms with Crippen LogP contribution in [0.1, 0.15) is 33.4 Å². The normalized spacial score (nSPS) is 10.4. The number of carbonyl (C=O) groups is 1. The molecule has 0 radical (unpaired) electrons. The maximum Gasteiger partial charge on any atom is 0.269 e. The number of aryl methyl sites for hydroxylation is 3. The van der Waals surface area contributed by atoms with Gasteiger partial charge in [0.2, 0.25) is 0 Å². The summed E-state index contributed by atoms with van der Waals surface area (Å²) in [6.07, 6.45) is 0.714. The van der Waals surface area contributed by atoms with Gasteiger partial charge in [-0.15, -0.1) is 5.10 Å². The molecule has 0 atom stereocenters. The number of carbonyl (C=O) groups excluding carboxylic acids is 1. The quantitative estimate of drug-likeness (QED) is 0.924. The van der Waals surface area contributed by atoms with Crippen LogP contribution >= 0.6 is 11.5 Å². The molecule has 94 valence electrons. The van der Waals surface area contributed by atoms with Crippen LogP contribution in [0.25, 0.3) is 0 Å². The van der Waals surface area contributed by atoms with Crippen molar-refractivity contribution in [3.05, 3.63) is 39.9 Å². The molecule has 0 fully saturated rings. The summed E-state index contributed by atoms with van der Waals surface area (Å²) in [7, 11) is 0. The second-order valence-electron chi connectivity index (χ2n) is 4.16. The molecule has 0 spiro atoms. The first-order chi connectivity index (χ1) is 8.61. The molecule has 0 aliphatic rings. The molecule has 18 heavy (non-hydrogen) atoms. The molecular formula is C13H15N3OS. The first-order valence-electron chi connectivity index (χ1n) is 5.81. The van der Waals surface area contributed by atoms with E-state index in [1.807, 2.05) is 39.0 Å². The molecule has 0 saturated carbocycles. The Bertz CT molecular complexity index is 577. The van der Waals surface area contributed by atoms with Gasteiger partial charge in [-0.1, -0.05) is 17.5 Å². The number of anilines is 1. The fourth-order valence-electron chi connectivity index (χ4n) is 1.62. The van der Waals surface area contributed by atoms with Crippen molar-refractivity contribution in [3.8, 4) is 0 Å². The van der Waals surface area contributed by atoms with Crippen molar-refractivity contribution in [1.82, 2.24) is 9.59 Å². The van der Waals surface area contributed by atoms with Crippen molar-refractivity contribution in [2.24, 2.45) is 0 Å². The molecule has 1 heterocycles. The number of nitrogens with one attached hydrogen (secondary N) is 1. The van der Waals surface area contributed by atoms with Crippen LogP contribution in [0.15, 0.2) is 18.2 Å². The lowest BCUT2D eigenvalue weighted by molar-refractivity contribution is 0.102. The lowest BCUT2D eigenvalue weighted by Crippen LogP contribution is -2.12. The minimum Gasteiger partial charge on any atom is -0.321 e. The van der Waals surface area contributed by atoms with E-state index in [4.69, 9.17) is 0 Å². The van der Waals surface area contributed by atoms with Gasteiger partial charge in [-0.05, 0) is 55.1 Å². The van der Waals surface area contributed by atoms with Gasteiger partial charge in [0, 0.05) is 5.69 Å². The molecule has 0 saturated heterocycles. The maximum absolute atomic E-state index is 12.1. The molecule has 4 nitrogen and oxygen atoms in total.